The van der Waals surface area contributed by atoms with Crippen LogP contribution >= 0.6 is 23.2 Å². The van der Waals surface area contributed by atoms with E-state index in [4.69, 9.17) is 32.7 Å². The van der Waals surface area contributed by atoms with Gasteiger partial charge in [0.1, 0.15) is 0 Å². The molecule has 2 aliphatic rings. The molecule has 0 radical (unpaired) electrons. The molecule has 1 amide bonds. The van der Waals surface area contributed by atoms with Crippen LogP contribution in [-0.2, 0) is 23.6 Å². The molecule has 1 aliphatic carbocycles. The third kappa shape index (κ3) is 7.70. The van der Waals surface area contributed by atoms with E-state index < -0.39 is 10.8 Å². The average Bonchev–Trinajstić information content (AvgIpc) is 3.06. The van der Waals surface area contributed by atoms with Crippen molar-refractivity contribution in [3.05, 3.63) is 86.4 Å². The lowest BCUT2D eigenvalue weighted by molar-refractivity contribution is 0.0779. The summed E-state index contributed by atoms with van der Waals surface area (Å²) in [4.78, 5) is 19.4. The van der Waals surface area contributed by atoms with Gasteiger partial charge in [-0.25, -0.2) is 0 Å². The van der Waals surface area contributed by atoms with E-state index in [9.17, 15) is 9.00 Å². The molecule has 3 aromatic rings. The molecule has 242 valence electrons. The van der Waals surface area contributed by atoms with Gasteiger partial charge in [-0.15, -0.1) is 0 Å². The van der Waals surface area contributed by atoms with E-state index >= 15 is 0 Å². The van der Waals surface area contributed by atoms with Crippen molar-refractivity contribution in [2.75, 3.05) is 53.7 Å². The lowest BCUT2D eigenvalue weighted by atomic mass is 9.86. The van der Waals surface area contributed by atoms with Crippen molar-refractivity contribution in [1.29, 1.82) is 0 Å². The van der Waals surface area contributed by atoms with Crippen molar-refractivity contribution in [2.24, 2.45) is 0 Å². The largest absolute Gasteiger partial charge is 0.493 e. The Balaban J connectivity index is 1.31. The van der Waals surface area contributed by atoms with Gasteiger partial charge in [-0.3, -0.25) is 9.00 Å². The zero-order valence-corrected chi connectivity index (χ0v) is 29.1. The van der Waals surface area contributed by atoms with Crippen molar-refractivity contribution in [3.8, 4) is 11.5 Å². The van der Waals surface area contributed by atoms with E-state index in [1.54, 1.807) is 20.5 Å². The maximum Gasteiger partial charge on any atom is 0.254 e. The molecule has 1 aliphatic heterocycles. The predicted molar refractivity (Wildman–Crippen MR) is 184 cm³/mol. The fraction of sp³-hybridized carbons (Fsp3) is 0.472. The molecule has 2 unspecified atom stereocenters. The van der Waals surface area contributed by atoms with E-state index in [0.29, 0.717) is 33.8 Å². The normalized spacial score (nSPS) is 16.9. The summed E-state index contributed by atoms with van der Waals surface area (Å²) in [6, 6.07) is 15.8. The number of amides is 1. The van der Waals surface area contributed by atoms with Crippen molar-refractivity contribution in [2.45, 2.75) is 61.7 Å². The van der Waals surface area contributed by atoms with Gasteiger partial charge in [0.2, 0.25) is 0 Å². The van der Waals surface area contributed by atoms with Gasteiger partial charge in [0.15, 0.2) is 11.5 Å². The second-order valence-electron chi connectivity index (χ2n) is 12.3. The number of rotatable bonds is 11. The number of hydrogen-bond acceptors (Lipinski definition) is 5. The third-order valence-electron chi connectivity index (χ3n) is 9.53. The topological polar surface area (TPSA) is 59.1 Å². The molecule has 9 heteroatoms. The zero-order valence-electron chi connectivity index (χ0n) is 26.7. The minimum atomic E-state index is -0.993. The van der Waals surface area contributed by atoms with E-state index in [2.05, 4.69) is 17.0 Å². The van der Waals surface area contributed by atoms with Gasteiger partial charge in [0.25, 0.3) is 5.91 Å². The van der Waals surface area contributed by atoms with Crippen LogP contribution in [0, 0.1) is 0 Å². The van der Waals surface area contributed by atoms with Crippen LogP contribution in [-0.4, -0.2) is 73.6 Å². The van der Waals surface area contributed by atoms with Gasteiger partial charge in [-0.1, -0.05) is 47.5 Å². The van der Waals surface area contributed by atoms with Gasteiger partial charge < -0.3 is 19.3 Å². The van der Waals surface area contributed by atoms with Crippen LogP contribution < -0.4 is 9.47 Å². The Morgan fingerprint density at radius 1 is 1.00 bits per heavy atom. The summed E-state index contributed by atoms with van der Waals surface area (Å²) in [7, 11) is 4.18. The maximum absolute atomic E-state index is 14.1. The smallest absolute Gasteiger partial charge is 0.254 e. The van der Waals surface area contributed by atoms with Gasteiger partial charge in [-0.2, -0.15) is 0 Å². The van der Waals surface area contributed by atoms with Crippen LogP contribution in [0.1, 0.15) is 76.6 Å². The Morgan fingerprint density at radius 2 is 1.71 bits per heavy atom. The number of methoxy groups -OCH3 is 2. The highest BCUT2D eigenvalue weighted by molar-refractivity contribution is 7.84. The number of likely N-dealkylation sites (tertiary alicyclic amines) is 1. The second kappa shape index (κ2) is 15.3. The SMILES string of the molecule is COc1cc(C(=O)N(C)CC(CCN2CCC(c3ccccc3S(C)=O)CC2)c2ccc(Cl)c(Cl)c2)c2c(c1OC)CCCC2. The third-order valence-corrected chi connectivity index (χ3v) is 11.3. The van der Waals surface area contributed by atoms with Crippen LogP contribution in [0.15, 0.2) is 53.4 Å². The maximum atomic E-state index is 14.1. The van der Waals surface area contributed by atoms with Crippen LogP contribution in [0.5, 0.6) is 11.5 Å². The molecule has 1 saturated heterocycles. The number of carbonyl (C=O) groups is 1. The minimum Gasteiger partial charge on any atom is -0.493 e. The van der Waals surface area contributed by atoms with Crippen LogP contribution in [0.4, 0.5) is 0 Å². The molecule has 2 atom stereocenters. The molecule has 0 spiro atoms. The molecule has 0 bridgehead atoms. The molecule has 1 heterocycles. The standard InChI is InChI=1S/C36H44Cl2N2O4S/c1-39(36(41)30-22-33(43-2)35(44-3)29-11-6-5-10-28(29)30)23-26(25-13-14-31(37)32(38)21-25)17-20-40-18-15-24(16-19-40)27-9-7-8-12-34(27)45(4)42/h7-9,12-14,21-22,24,26H,5-6,10-11,15-20,23H2,1-4H3. The summed E-state index contributed by atoms with van der Waals surface area (Å²) >= 11 is 12.8. The highest BCUT2D eigenvalue weighted by Crippen LogP contribution is 2.40. The molecular weight excluding hydrogens is 627 g/mol. The number of ether oxygens (including phenoxy) is 2. The lowest BCUT2D eigenvalue weighted by Crippen LogP contribution is -2.36. The first kappa shape index (κ1) is 33.8. The first-order valence-electron chi connectivity index (χ1n) is 15.8. The summed E-state index contributed by atoms with van der Waals surface area (Å²) in [5.74, 6) is 1.84. The second-order valence-corrected chi connectivity index (χ2v) is 14.4. The fourth-order valence-corrected chi connectivity index (χ4v) is 8.23. The summed E-state index contributed by atoms with van der Waals surface area (Å²) in [5.41, 5.74) is 5.18. The lowest BCUT2D eigenvalue weighted by Gasteiger charge is -2.34. The van der Waals surface area contributed by atoms with E-state index in [1.165, 1.54) is 5.56 Å². The number of carbonyl (C=O) groups excluding carboxylic acids is 1. The molecule has 6 nitrogen and oxygen atoms in total. The fourth-order valence-electron chi connectivity index (χ4n) is 7.09. The molecule has 0 saturated carbocycles. The van der Waals surface area contributed by atoms with Crippen molar-refractivity contribution < 1.29 is 18.5 Å². The Kier molecular flexibility index (Phi) is 11.5. The first-order valence-corrected chi connectivity index (χ1v) is 18.1. The summed E-state index contributed by atoms with van der Waals surface area (Å²) in [6.45, 7) is 3.42. The predicted octanol–water partition coefficient (Wildman–Crippen LogP) is 7.75. The number of nitrogens with zero attached hydrogens (tertiary/aromatic N) is 2. The van der Waals surface area contributed by atoms with Crippen molar-refractivity contribution >= 4 is 39.9 Å². The molecule has 3 aromatic carbocycles. The number of hydrogen-bond donors (Lipinski definition) is 0. The Morgan fingerprint density at radius 3 is 2.38 bits per heavy atom. The molecule has 1 fully saturated rings. The Labute approximate surface area is 280 Å². The molecule has 0 aromatic heterocycles. The summed E-state index contributed by atoms with van der Waals surface area (Å²) in [6.07, 6.45) is 8.57. The molecule has 0 N–H and O–H groups in total. The molecule has 5 rings (SSSR count). The summed E-state index contributed by atoms with van der Waals surface area (Å²) in [5, 5.41) is 1.05. The molecular formula is C36H44Cl2N2O4S. The Bertz CT molecular complexity index is 1540. The number of piperidine rings is 1. The van der Waals surface area contributed by atoms with E-state index in [0.717, 1.165) is 91.9 Å². The number of halogens is 2. The van der Waals surface area contributed by atoms with Crippen molar-refractivity contribution in [3.63, 3.8) is 0 Å². The minimum absolute atomic E-state index is 0.00745. The summed E-state index contributed by atoms with van der Waals surface area (Å²) < 4.78 is 23.7. The highest BCUT2D eigenvalue weighted by Gasteiger charge is 2.29. The Hall–Kier alpha value is -2.58. The first-order chi connectivity index (χ1) is 21.7. The van der Waals surface area contributed by atoms with Crippen molar-refractivity contribution in [1.82, 2.24) is 9.80 Å². The van der Waals surface area contributed by atoms with Gasteiger partial charge in [-0.05, 0) is 111 Å². The quantitative estimate of drug-likeness (QED) is 0.209. The van der Waals surface area contributed by atoms with Crippen LogP contribution in [0.2, 0.25) is 10.0 Å². The van der Waals surface area contributed by atoms with Gasteiger partial charge in [0.05, 0.1) is 35.1 Å². The molecule has 45 heavy (non-hydrogen) atoms. The van der Waals surface area contributed by atoms with E-state index in [1.807, 2.05) is 48.3 Å². The number of fused-ring (bicyclic) bond motifs is 1. The average molecular weight is 672 g/mol. The number of benzene rings is 3. The van der Waals surface area contributed by atoms with E-state index in [-0.39, 0.29) is 11.8 Å². The van der Waals surface area contributed by atoms with Gasteiger partial charge >= 0.3 is 0 Å². The van der Waals surface area contributed by atoms with Gasteiger partial charge in [0, 0.05) is 41.8 Å². The van der Waals surface area contributed by atoms with Crippen LogP contribution in [0.3, 0.4) is 0 Å². The zero-order chi connectivity index (χ0) is 32.1. The monoisotopic (exact) mass is 670 g/mol. The highest BCUT2D eigenvalue weighted by atomic mass is 35.5. The number of likely N-dealkylation sites (N-methyl/N-ethyl adjacent to an activating group) is 1. The van der Waals surface area contributed by atoms with Crippen LogP contribution in [0.25, 0.3) is 0 Å².